The largest absolute Gasteiger partial charge is 0.472 e. The molecule has 0 rings (SSSR count). The van der Waals surface area contributed by atoms with Crippen molar-refractivity contribution in [1.29, 1.82) is 0 Å². The Morgan fingerprint density at radius 2 is 0.465 bits per heavy atom. The Balaban J connectivity index is 5.15. The van der Waals surface area contributed by atoms with E-state index < -0.39 is 97.5 Å². The fraction of sp³-hybridized carbons (Fsp3) is 0.950. The molecule has 0 bridgehead atoms. The highest BCUT2D eigenvalue weighted by Gasteiger charge is 2.30. The van der Waals surface area contributed by atoms with E-state index in [2.05, 4.69) is 34.6 Å². The van der Waals surface area contributed by atoms with Crippen LogP contribution in [0, 0.1) is 5.92 Å². The molecule has 2 unspecified atom stereocenters. The summed E-state index contributed by atoms with van der Waals surface area (Å²) in [6.07, 6.45) is 64.3. The number of carbonyl (C=O) groups is 4. The lowest BCUT2D eigenvalue weighted by molar-refractivity contribution is -0.161. The number of hydrogen-bond donors (Lipinski definition) is 3. The summed E-state index contributed by atoms with van der Waals surface area (Å²) >= 11 is 0. The zero-order valence-corrected chi connectivity index (χ0v) is 66.4. The van der Waals surface area contributed by atoms with Crippen molar-refractivity contribution in [1.82, 2.24) is 0 Å². The minimum absolute atomic E-state index is 0.103. The molecule has 5 atom stereocenters. The lowest BCUT2D eigenvalue weighted by atomic mass is 10.0. The Morgan fingerprint density at radius 1 is 0.273 bits per heavy atom. The normalized spacial score (nSPS) is 13.9. The predicted molar refractivity (Wildman–Crippen MR) is 405 cm³/mol. The van der Waals surface area contributed by atoms with Crippen molar-refractivity contribution in [2.24, 2.45) is 5.92 Å². The van der Waals surface area contributed by atoms with Crippen molar-refractivity contribution in [2.75, 3.05) is 39.6 Å². The Bertz CT molecular complexity index is 1890. The third-order valence-corrected chi connectivity index (χ3v) is 20.7. The third-order valence-electron chi connectivity index (χ3n) is 18.8. The zero-order valence-electron chi connectivity index (χ0n) is 64.6. The maximum absolute atomic E-state index is 13.1. The van der Waals surface area contributed by atoms with Crippen molar-refractivity contribution >= 4 is 39.5 Å². The van der Waals surface area contributed by atoms with E-state index in [4.69, 9.17) is 37.0 Å². The van der Waals surface area contributed by atoms with Gasteiger partial charge >= 0.3 is 39.5 Å². The van der Waals surface area contributed by atoms with Crippen LogP contribution in [0.3, 0.4) is 0 Å². The molecule has 0 radical (unpaired) electrons. The van der Waals surface area contributed by atoms with Crippen LogP contribution >= 0.6 is 15.6 Å². The number of aliphatic hydroxyl groups excluding tert-OH is 1. The number of unbranched alkanes of at least 4 members (excludes halogenated alkanes) is 52. The standard InChI is InChI=1S/C80H156O17P2/c1-6-9-12-15-18-21-23-25-27-29-31-32-33-35-37-39-41-43-46-49-55-60-65-79(84)96-75(69-91-78(83)64-59-54-48-45-42-40-38-36-34-30-28-26-24-22-19-16-13-10-7-2)71-94-98(86,87)92-67-74(81)68-93-99(88,89)95-72-76(97-80(85)66-61-56-51-50-52-57-62-73(4)5)70-90-77(82)63-58-53-47-44-20-17-14-11-8-3/h73-76,81H,6-72H2,1-5H3,(H,86,87)(H,88,89)/t74-,75-,76-/m1/s1. The van der Waals surface area contributed by atoms with Gasteiger partial charge in [-0.2, -0.15) is 0 Å². The number of aliphatic hydroxyl groups is 1. The van der Waals surface area contributed by atoms with Gasteiger partial charge in [0.2, 0.25) is 0 Å². The summed E-state index contributed by atoms with van der Waals surface area (Å²) in [5, 5.41) is 10.6. The Morgan fingerprint density at radius 3 is 0.687 bits per heavy atom. The van der Waals surface area contributed by atoms with Gasteiger partial charge in [-0.3, -0.25) is 37.3 Å². The molecule has 0 aromatic carbocycles. The average Bonchev–Trinajstić information content (AvgIpc) is 1.17. The quantitative estimate of drug-likeness (QED) is 0.0222. The zero-order chi connectivity index (χ0) is 72.7. The number of rotatable bonds is 80. The van der Waals surface area contributed by atoms with E-state index in [-0.39, 0.29) is 25.7 Å². The van der Waals surface area contributed by atoms with Gasteiger partial charge in [0.05, 0.1) is 26.4 Å². The van der Waals surface area contributed by atoms with Crippen LogP contribution in [0.2, 0.25) is 0 Å². The predicted octanol–water partition coefficient (Wildman–Crippen LogP) is 24.0. The maximum Gasteiger partial charge on any atom is 0.472 e. The molecule has 0 aliphatic carbocycles. The van der Waals surface area contributed by atoms with E-state index in [9.17, 15) is 43.2 Å². The SMILES string of the molecule is CCCCCCCCCCCCCCCCCCCCCCCCC(=O)O[C@H](COC(=O)CCCCCCCCCCCCCCCCCCCCC)COP(=O)(O)OC[C@@H](O)COP(=O)(O)OC[C@@H](COC(=O)CCCCCCCCCCC)OC(=O)CCCCCCCCC(C)C. The molecule has 99 heavy (non-hydrogen) atoms. The smallest absolute Gasteiger partial charge is 0.462 e. The number of esters is 4. The van der Waals surface area contributed by atoms with E-state index in [1.807, 2.05) is 0 Å². The molecule has 0 amide bonds. The molecule has 0 spiro atoms. The molecular formula is C80H156O17P2. The fourth-order valence-corrected chi connectivity index (χ4v) is 14.0. The summed E-state index contributed by atoms with van der Waals surface area (Å²) < 4.78 is 68.5. The highest BCUT2D eigenvalue weighted by molar-refractivity contribution is 7.47. The number of carbonyl (C=O) groups excluding carboxylic acids is 4. The van der Waals surface area contributed by atoms with Crippen molar-refractivity contribution in [3.05, 3.63) is 0 Å². The fourth-order valence-electron chi connectivity index (χ4n) is 12.4. The first-order chi connectivity index (χ1) is 48.0. The first-order valence-corrected chi connectivity index (χ1v) is 44.6. The van der Waals surface area contributed by atoms with E-state index in [0.29, 0.717) is 31.6 Å². The van der Waals surface area contributed by atoms with E-state index in [1.165, 1.54) is 250 Å². The van der Waals surface area contributed by atoms with Gasteiger partial charge in [-0.1, -0.05) is 375 Å². The van der Waals surface area contributed by atoms with Gasteiger partial charge < -0.3 is 33.8 Å². The Kier molecular flexibility index (Phi) is 71.6. The lowest BCUT2D eigenvalue weighted by Crippen LogP contribution is -2.30. The summed E-state index contributed by atoms with van der Waals surface area (Å²) in [5.74, 6) is -1.45. The third kappa shape index (κ3) is 74.1. The second-order valence-corrected chi connectivity index (χ2v) is 32.2. The van der Waals surface area contributed by atoms with Crippen molar-refractivity contribution in [2.45, 2.75) is 445 Å². The van der Waals surface area contributed by atoms with E-state index >= 15 is 0 Å². The van der Waals surface area contributed by atoms with Crippen LogP contribution in [0.15, 0.2) is 0 Å². The van der Waals surface area contributed by atoms with Crippen LogP contribution in [0.5, 0.6) is 0 Å². The highest BCUT2D eigenvalue weighted by atomic mass is 31.2. The first kappa shape index (κ1) is 97.1. The molecular weight excluding hydrogens is 1290 g/mol. The molecule has 0 fully saturated rings. The number of phosphoric ester groups is 2. The molecule has 17 nitrogen and oxygen atoms in total. The summed E-state index contributed by atoms with van der Waals surface area (Å²) in [6.45, 7) is 7.20. The van der Waals surface area contributed by atoms with Crippen molar-refractivity contribution in [3.63, 3.8) is 0 Å². The van der Waals surface area contributed by atoms with Gasteiger partial charge in [-0.15, -0.1) is 0 Å². The van der Waals surface area contributed by atoms with Gasteiger partial charge in [-0.25, -0.2) is 9.13 Å². The molecule has 3 N–H and O–H groups in total. The molecule has 0 aliphatic heterocycles. The number of hydrogen-bond acceptors (Lipinski definition) is 15. The van der Waals surface area contributed by atoms with Gasteiger partial charge in [0.1, 0.15) is 19.3 Å². The van der Waals surface area contributed by atoms with Crippen LogP contribution < -0.4 is 0 Å². The van der Waals surface area contributed by atoms with Gasteiger partial charge in [-0.05, 0) is 31.6 Å². The molecule has 0 saturated heterocycles. The first-order valence-electron chi connectivity index (χ1n) is 41.6. The summed E-state index contributed by atoms with van der Waals surface area (Å²) in [4.78, 5) is 72.8. The molecule has 19 heteroatoms. The van der Waals surface area contributed by atoms with Gasteiger partial charge in [0, 0.05) is 25.7 Å². The Hall–Kier alpha value is -1.94. The molecule has 0 heterocycles. The highest BCUT2D eigenvalue weighted by Crippen LogP contribution is 2.45. The molecule has 0 aromatic heterocycles. The minimum Gasteiger partial charge on any atom is -0.462 e. The van der Waals surface area contributed by atoms with Gasteiger partial charge in [0.15, 0.2) is 12.2 Å². The molecule has 0 aromatic rings. The summed E-state index contributed by atoms with van der Waals surface area (Å²) in [5.41, 5.74) is 0. The maximum atomic E-state index is 13.1. The lowest BCUT2D eigenvalue weighted by Gasteiger charge is -2.21. The number of phosphoric acid groups is 2. The van der Waals surface area contributed by atoms with Crippen LogP contribution in [0.1, 0.15) is 426 Å². The average molecular weight is 1450 g/mol. The van der Waals surface area contributed by atoms with Crippen molar-refractivity contribution < 1.29 is 80.2 Å². The second kappa shape index (κ2) is 73.0. The van der Waals surface area contributed by atoms with Crippen molar-refractivity contribution in [3.8, 4) is 0 Å². The number of ether oxygens (including phenoxy) is 4. The van der Waals surface area contributed by atoms with Crippen LogP contribution in [0.25, 0.3) is 0 Å². The van der Waals surface area contributed by atoms with Crippen LogP contribution in [-0.2, 0) is 65.4 Å². The topological polar surface area (TPSA) is 237 Å². The van der Waals surface area contributed by atoms with Gasteiger partial charge in [0.25, 0.3) is 0 Å². The van der Waals surface area contributed by atoms with E-state index in [0.717, 1.165) is 89.9 Å². The summed E-state index contributed by atoms with van der Waals surface area (Å²) in [6, 6.07) is 0. The molecule has 0 aliphatic rings. The van der Waals surface area contributed by atoms with E-state index in [1.54, 1.807) is 0 Å². The molecule has 0 saturated carbocycles. The minimum atomic E-state index is -4.96. The van der Waals surface area contributed by atoms with Crippen LogP contribution in [0.4, 0.5) is 0 Å². The second-order valence-electron chi connectivity index (χ2n) is 29.3. The van der Waals surface area contributed by atoms with Crippen LogP contribution in [-0.4, -0.2) is 96.7 Å². The summed E-state index contributed by atoms with van der Waals surface area (Å²) in [7, 11) is -9.91. The monoisotopic (exact) mass is 1450 g/mol. The molecule has 588 valence electrons. The Labute approximate surface area is 607 Å².